The number of likely N-dealkylation sites (tertiary alicyclic amines) is 2. The molecule has 2 aliphatic rings. The number of benzene rings is 2. The standard InChI is InChI=1S/C30H37N5O3.C2H4O/c1-20(17-21-9-3-2-4-10-21)33-28(36)26-13-7-15-34(26)30(38)27-14-8-16-35(27)29(37)24(31)18-22-19-32-25-12-6-5-11-23(22)25;1-2-3/h2-6,9-12,19-20,24,26-27,32H,7-8,13-18,31H2,1H3,(H,33,36);2-3H,1H2. The van der Waals surface area contributed by atoms with Gasteiger partial charge < -0.3 is 30.9 Å². The average molecular weight is 560 g/mol. The van der Waals surface area contributed by atoms with Crippen LogP contribution in [0.2, 0.25) is 0 Å². The third kappa shape index (κ3) is 7.16. The summed E-state index contributed by atoms with van der Waals surface area (Å²) in [6.45, 7) is 5.94. The first kappa shape index (κ1) is 29.9. The van der Waals surface area contributed by atoms with E-state index in [1.807, 2.05) is 67.7 Å². The zero-order valence-corrected chi connectivity index (χ0v) is 23.7. The Kier molecular flexibility index (Phi) is 10.2. The van der Waals surface area contributed by atoms with Gasteiger partial charge in [0.25, 0.3) is 0 Å². The van der Waals surface area contributed by atoms with Gasteiger partial charge in [0.15, 0.2) is 0 Å². The number of nitrogens with two attached hydrogens (primary N) is 1. The van der Waals surface area contributed by atoms with Crippen LogP contribution >= 0.6 is 0 Å². The molecule has 0 aliphatic carbocycles. The van der Waals surface area contributed by atoms with Crippen LogP contribution in [0.15, 0.2) is 73.6 Å². The number of nitrogens with zero attached hydrogens (tertiary/aromatic N) is 2. The number of carbonyl (C=O) groups is 3. The highest BCUT2D eigenvalue weighted by atomic mass is 16.2. The molecule has 2 saturated heterocycles. The summed E-state index contributed by atoms with van der Waals surface area (Å²) in [5.41, 5.74) is 9.55. The van der Waals surface area contributed by atoms with Crippen molar-refractivity contribution in [2.45, 2.75) is 69.6 Å². The Morgan fingerprint density at radius 1 is 1.02 bits per heavy atom. The van der Waals surface area contributed by atoms with Crippen LogP contribution in [-0.2, 0) is 27.2 Å². The first-order valence-corrected chi connectivity index (χ1v) is 14.3. The van der Waals surface area contributed by atoms with Gasteiger partial charge in [0.2, 0.25) is 17.7 Å². The predicted octanol–water partition coefficient (Wildman–Crippen LogP) is 3.46. The van der Waals surface area contributed by atoms with E-state index in [4.69, 9.17) is 10.8 Å². The van der Waals surface area contributed by atoms with Crippen LogP contribution < -0.4 is 11.1 Å². The van der Waals surface area contributed by atoms with Crippen LogP contribution in [0.1, 0.15) is 43.7 Å². The van der Waals surface area contributed by atoms with Gasteiger partial charge in [0.1, 0.15) is 12.1 Å². The van der Waals surface area contributed by atoms with Crippen molar-refractivity contribution in [1.29, 1.82) is 0 Å². The molecule has 2 aromatic carbocycles. The van der Waals surface area contributed by atoms with E-state index in [0.717, 1.165) is 47.6 Å². The fraction of sp³-hybridized carbons (Fsp3) is 0.406. The van der Waals surface area contributed by atoms with Gasteiger partial charge in [-0.3, -0.25) is 14.4 Å². The third-order valence-corrected chi connectivity index (χ3v) is 7.86. The van der Waals surface area contributed by atoms with Gasteiger partial charge in [-0.15, -0.1) is 0 Å². The maximum Gasteiger partial charge on any atom is 0.246 e. The first-order chi connectivity index (χ1) is 19.8. The zero-order valence-electron chi connectivity index (χ0n) is 23.7. The first-order valence-electron chi connectivity index (χ1n) is 14.3. The molecule has 5 rings (SSSR count). The highest BCUT2D eigenvalue weighted by Crippen LogP contribution is 2.26. The molecular weight excluding hydrogens is 518 g/mol. The Morgan fingerprint density at radius 3 is 2.39 bits per heavy atom. The van der Waals surface area contributed by atoms with Crippen molar-refractivity contribution in [1.82, 2.24) is 20.1 Å². The van der Waals surface area contributed by atoms with Crippen LogP contribution in [0.3, 0.4) is 0 Å². The Hall–Kier alpha value is -4.11. The predicted molar refractivity (Wildman–Crippen MR) is 160 cm³/mol. The minimum Gasteiger partial charge on any atom is -0.516 e. The SMILES string of the molecule is C=CO.CC(Cc1ccccc1)NC(=O)C1CCCN1C(=O)C1CCCN1C(=O)C(N)Cc1c[nH]c2ccccc12. The molecule has 41 heavy (non-hydrogen) atoms. The molecule has 0 saturated carbocycles. The molecule has 5 N–H and O–H groups in total. The van der Waals surface area contributed by atoms with E-state index >= 15 is 0 Å². The second kappa shape index (κ2) is 14.0. The van der Waals surface area contributed by atoms with Crippen LogP contribution in [0.25, 0.3) is 10.9 Å². The summed E-state index contributed by atoms with van der Waals surface area (Å²) >= 11 is 0. The van der Waals surface area contributed by atoms with E-state index in [1.54, 1.807) is 9.80 Å². The molecule has 9 nitrogen and oxygen atoms in total. The molecule has 0 spiro atoms. The topological polar surface area (TPSA) is 132 Å². The van der Waals surface area contributed by atoms with Gasteiger partial charge in [0, 0.05) is 36.2 Å². The van der Waals surface area contributed by atoms with Gasteiger partial charge >= 0.3 is 0 Å². The minimum absolute atomic E-state index is 0.0467. The molecule has 9 heteroatoms. The smallest absolute Gasteiger partial charge is 0.246 e. The summed E-state index contributed by atoms with van der Waals surface area (Å²) in [6, 6.07) is 16.1. The minimum atomic E-state index is -0.737. The van der Waals surface area contributed by atoms with Crippen molar-refractivity contribution in [3.63, 3.8) is 0 Å². The molecule has 1 aromatic heterocycles. The number of aliphatic hydroxyl groups excluding tert-OH is 1. The van der Waals surface area contributed by atoms with E-state index in [2.05, 4.69) is 16.9 Å². The lowest BCUT2D eigenvalue weighted by Gasteiger charge is -2.32. The van der Waals surface area contributed by atoms with Gasteiger partial charge in [-0.1, -0.05) is 55.1 Å². The number of aliphatic hydroxyl groups is 1. The molecule has 2 fully saturated rings. The fourth-order valence-electron chi connectivity index (χ4n) is 5.98. The summed E-state index contributed by atoms with van der Waals surface area (Å²) in [6.07, 6.45) is 6.53. The lowest BCUT2D eigenvalue weighted by atomic mass is 10.0. The molecule has 3 amide bonds. The van der Waals surface area contributed by atoms with Crippen molar-refractivity contribution in [2.75, 3.05) is 13.1 Å². The highest BCUT2D eigenvalue weighted by molar-refractivity contribution is 5.94. The van der Waals surface area contributed by atoms with E-state index < -0.39 is 18.1 Å². The Labute approximate surface area is 241 Å². The van der Waals surface area contributed by atoms with E-state index in [0.29, 0.717) is 32.4 Å². The van der Waals surface area contributed by atoms with Gasteiger partial charge in [-0.2, -0.15) is 0 Å². The number of hydrogen-bond acceptors (Lipinski definition) is 5. The average Bonchev–Trinajstić information content (AvgIpc) is 3.73. The summed E-state index contributed by atoms with van der Waals surface area (Å²) in [7, 11) is 0. The van der Waals surface area contributed by atoms with E-state index in [-0.39, 0.29) is 23.8 Å². The molecule has 4 unspecified atom stereocenters. The quantitative estimate of drug-likeness (QED) is 0.314. The largest absolute Gasteiger partial charge is 0.516 e. The number of fused-ring (bicyclic) bond motifs is 1. The monoisotopic (exact) mass is 559 g/mol. The summed E-state index contributed by atoms with van der Waals surface area (Å²) in [5, 5.41) is 11.5. The van der Waals surface area contributed by atoms with Crippen LogP contribution in [-0.4, -0.2) is 74.9 Å². The zero-order chi connectivity index (χ0) is 29.4. The number of H-pyrrole nitrogens is 1. The maximum atomic E-state index is 13.7. The number of nitrogens with one attached hydrogen (secondary N) is 2. The van der Waals surface area contributed by atoms with Crippen LogP contribution in [0.5, 0.6) is 0 Å². The van der Waals surface area contributed by atoms with Crippen LogP contribution in [0.4, 0.5) is 0 Å². The number of para-hydroxylation sites is 1. The van der Waals surface area contributed by atoms with Crippen molar-refractivity contribution >= 4 is 28.6 Å². The number of aromatic nitrogens is 1. The molecular formula is C32H41N5O4. The third-order valence-electron chi connectivity index (χ3n) is 7.86. The molecule has 2 aliphatic heterocycles. The van der Waals surface area contributed by atoms with Crippen molar-refractivity contribution < 1.29 is 19.5 Å². The van der Waals surface area contributed by atoms with Gasteiger partial charge in [-0.05, 0) is 62.6 Å². The van der Waals surface area contributed by atoms with E-state index in [1.165, 1.54) is 0 Å². The maximum absolute atomic E-state index is 13.7. The molecule has 3 heterocycles. The second-order valence-corrected chi connectivity index (χ2v) is 10.8. The molecule has 3 aromatic rings. The normalized spacial score (nSPS) is 19.8. The Balaban J connectivity index is 0.00000124. The molecule has 4 atom stereocenters. The second-order valence-electron chi connectivity index (χ2n) is 10.8. The van der Waals surface area contributed by atoms with E-state index in [9.17, 15) is 14.4 Å². The molecule has 218 valence electrons. The van der Waals surface area contributed by atoms with Crippen molar-refractivity contribution in [2.24, 2.45) is 5.73 Å². The summed E-state index contributed by atoms with van der Waals surface area (Å²) < 4.78 is 0. The number of hydrogen-bond donors (Lipinski definition) is 4. The van der Waals surface area contributed by atoms with Crippen molar-refractivity contribution in [3.8, 4) is 0 Å². The van der Waals surface area contributed by atoms with Gasteiger partial charge in [0.05, 0.1) is 12.3 Å². The summed E-state index contributed by atoms with van der Waals surface area (Å²) in [4.78, 5) is 46.8. The number of carbonyl (C=O) groups excluding carboxylic acids is 3. The number of amides is 3. The summed E-state index contributed by atoms with van der Waals surface area (Å²) in [5.74, 6) is -0.461. The molecule has 0 bridgehead atoms. The van der Waals surface area contributed by atoms with Gasteiger partial charge in [-0.25, -0.2) is 0 Å². The Morgan fingerprint density at radius 2 is 1.66 bits per heavy atom. The van der Waals surface area contributed by atoms with Crippen molar-refractivity contribution in [3.05, 3.63) is 84.8 Å². The number of aromatic amines is 1. The fourth-order valence-corrected chi connectivity index (χ4v) is 5.98. The Bertz CT molecular complexity index is 1340. The lowest BCUT2D eigenvalue weighted by Crippen LogP contribution is -2.56. The number of rotatable bonds is 8. The highest BCUT2D eigenvalue weighted by Gasteiger charge is 2.43. The van der Waals surface area contributed by atoms with Crippen LogP contribution in [0, 0.1) is 0 Å². The molecule has 0 radical (unpaired) electrons. The lowest BCUT2D eigenvalue weighted by molar-refractivity contribution is -0.147.